The lowest BCUT2D eigenvalue weighted by Crippen LogP contribution is -2.41. The van der Waals surface area contributed by atoms with Gasteiger partial charge in [0.2, 0.25) is 5.91 Å². The predicted molar refractivity (Wildman–Crippen MR) is 88.8 cm³/mol. The molecule has 2 unspecified atom stereocenters. The van der Waals surface area contributed by atoms with E-state index < -0.39 is 5.60 Å². The maximum Gasteiger partial charge on any atom is 0.220 e. The van der Waals surface area contributed by atoms with Crippen molar-refractivity contribution in [3.8, 4) is 0 Å². The Bertz CT molecular complexity index is 473. The van der Waals surface area contributed by atoms with Gasteiger partial charge in [-0.25, -0.2) is 0 Å². The Kier molecular flexibility index (Phi) is 6.60. The molecule has 0 bridgehead atoms. The molecule has 1 heterocycles. The van der Waals surface area contributed by atoms with Crippen molar-refractivity contribution >= 4 is 5.91 Å². The molecule has 126 valence electrons. The van der Waals surface area contributed by atoms with Crippen molar-refractivity contribution in [3.63, 3.8) is 0 Å². The molecule has 0 saturated heterocycles. The van der Waals surface area contributed by atoms with E-state index in [1.54, 1.807) is 6.92 Å². The first-order valence-electron chi connectivity index (χ1n) is 8.13. The average Bonchev–Trinajstić information content (AvgIpc) is 2.74. The van der Waals surface area contributed by atoms with Crippen LogP contribution in [0.5, 0.6) is 0 Å². The lowest BCUT2D eigenvalue weighted by atomic mass is 9.94. The smallest absolute Gasteiger partial charge is 0.220 e. The highest BCUT2D eigenvalue weighted by Gasteiger charge is 2.23. The van der Waals surface area contributed by atoms with Gasteiger partial charge in [0, 0.05) is 18.7 Å². The van der Waals surface area contributed by atoms with Crippen LogP contribution in [0.4, 0.5) is 0 Å². The number of aromatic amines is 1. The van der Waals surface area contributed by atoms with Gasteiger partial charge >= 0.3 is 0 Å². The van der Waals surface area contributed by atoms with Crippen LogP contribution in [0, 0.1) is 19.8 Å². The van der Waals surface area contributed by atoms with Gasteiger partial charge < -0.3 is 10.4 Å². The van der Waals surface area contributed by atoms with Crippen molar-refractivity contribution < 1.29 is 9.90 Å². The van der Waals surface area contributed by atoms with Crippen molar-refractivity contribution in [2.24, 2.45) is 5.92 Å². The number of hydrogen-bond donors (Lipinski definition) is 3. The van der Waals surface area contributed by atoms with Gasteiger partial charge in [-0.05, 0) is 51.0 Å². The van der Waals surface area contributed by atoms with Crippen LogP contribution in [0.15, 0.2) is 0 Å². The zero-order chi connectivity index (χ0) is 16.9. The second-order valence-electron chi connectivity index (χ2n) is 7.16. The number of H-pyrrole nitrogens is 1. The highest BCUT2D eigenvalue weighted by Crippen LogP contribution is 2.24. The number of aromatic nitrogens is 2. The molecule has 0 fully saturated rings. The monoisotopic (exact) mass is 309 g/mol. The number of amides is 1. The Balaban J connectivity index is 2.46. The van der Waals surface area contributed by atoms with Gasteiger partial charge in [0.15, 0.2) is 0 Å². The molecule has 0 radical (unpaired) electrons. The van der Waals surface area contributed by atoms with E-state index in [0.29, 0.717) is 25.3 Å². The van der Waals surface area contributed by atoms with Gasteiger partial charge in [-0.2, -0.15) is 5.10 Å². The fourth-order valence-corrected chi connectivity index (χ4v) is 2.72. The van der Waals surface area contributed by atoms with Crippen LogP contribution >= 0.6 is 0 Å². The Morgan fingerprint density at radius 2 is 2.00 bits per heavy atom. The van der Waals surface area contributed by atoms with E-state index in [-0.39, 0.29) is 11.8 Å². The van der Waals surface area contributed by atoms with Gasteiger partial charge in [0.1, 0.15) is 0 Å². The Morgan fingerprint density at radius 1 is 1.36 bits per heavy atom. The molecule has 5 nitrogen and oxygen atoms in total. The summed E-state index contributed by atoms with van der Waals surface area (Å²) in [6.45, 7) is 12.3. The Morgan fingerprint density at radius 3 is 2.50 bits per heavy atom. The number of aliphatic hydroxyl groups is 1. The van der Waals surface area contributed by atoms with Gasteiger partial charge in [-0.15, -0.1) is 0 Å². The molecular formula is C17H31N3O2. The normalized spacial score (nSPS) is 15.6. The average molecular weight is 309 g/mol. The molecule has 0 aliphatic heterocycles. The second kappa shape index (κ2) is 7.77. The van der Waals surface area contributed by atoms with Crippen LogP contribution in [0.1, 0.15) is 69.8 Å². The highest BCUT2D eigenvalue weighted by atomic mass is 16.3. The van der Waals surface area contributed by atoms with Gasteiger partial charge in [0.05, 0.1) is 11.3 Å². The third-order valence-electron chi connectivity index (χ3n) is 4.10. The fraction of sp³-hybridized carbons (Fsp3) is 0.765. The summed E-state index contributed by atoms with van der Waals surface area (Å²) in [7, 11) is 0. The van der Waals surface area contributed by atoms with Gasteiger partial charge in [0.25, 0.3) is 0 Å². The Labute approximate surface area is 133 Å². The summed E-state index contributed by atoms with van der Waals surface area (Å²) in [4.78, 5) is 12.1. The summed E-state index contributed by atoms with van der Waals surface area (Å²) in [6, 6.07) is 0. The molecule has 5 heteroatoms. The highest BCUT2D eigenvalue weighted by molar-refractivity contribution is 5.77. The van der Waals surface area contributed by atoms with E-state index in [9.17, 15) is 9.90 Å². The van der Waals surface area contributed by atoms with Crippen LogP contribution in [0.25, 0.3) is 0 Å². The molecule has 2 atom stereocenters. The van der Waals surface area contributed by atoms with Crippen LogP contribution in [0.3, 0.4) is 0 Å². The second-order valence-corrected chi connectivity index (χ2v) is 7.16. The lowest BCUT2D eigenvalue weighted by molar-refractivity contribution is -0.122. The fourth-order valence-electron chi connectivity index (χ4n) is 2.72. The molecular weight excluding hydrogens is 278 g/mol. The third kappa shape index (κ3) is 5.79. The van der Waals surface area contributed by atoms with Crippen molar-refractivity contribution in [1.29, 1.82) is 0 Å². The van der Waals surface area contributed by atoms with Crippen molar-refractivity contribution in [1.82, 2.24) is 15.5 Å². The van der Waals surface area contributed by atoms with E-state index >= 15 is 0 Å². The molecule has 0 aliphatic rings. The van der Waals surface area contributed by atoms with Gasteiger partial charge in [-0.1, -0.05) is 20.8 Å². The van der Waals surface area contributed by atoms with E-state index in [0.717, 1.165) is 23.4 Å². The number of hydrogen-bond acceptors (Lipinski definition) is 3. The molecule has 1 amide bonds. The molecule has 3 N–H and O–H groups in total. The summed E-state index contributed by atoms with van der Waals surface area (Å²) < 4.78 is 0. The first kappa shape index (κ1) is 18.7. The summed E-state index contributed by atoms with van der Waals surface area (Å²) >= 11 is 0. The number of nitrogens with one attached hydrogen (secondary N) is 2. The number of carbonyl (C=O) groups is 1. The zero-order valence-corrected chi connectivity index (χ0v) is 14.8. The standard InChI is InChI=1S/C17H31N3O2/c1-11(2)7-8-17(6,22)10-18-15(21)9-12(3)16-13(4)19-20-14(16)5/h11-12,22H,7-10H2,1-6H3,(H,18,21)(H,19,20). The SMILES string of the molecule is Cc1n[nH]c(C)c1C(C)CC(=O)NCC(C)(O)CCC(C)C. The third-order valence-corrected chi connectivity index (χ3v) is 4.10. The summed E-state index contributed by atoms with van der Waals surface area (Å²) in [5.41, 5.74) is 2.23. The number of rotatable bonds is 8. The number of nitrogens with zero attached hydrogens (tertiary/aromatic N) is 1. The Hall–Kier alpha value is -1.36. The van der Waals surface area contributed by atoms with Gasteiger partial charge in [-0.3, -0.25) is 9.89 Å². The maximum absolute atomic E-state index is 12.1. The molecule has 0 spiro atoms. The molecule has 1 aromatic heterocycles. The lowest BCUT2D eigenvalue weighted by Gasteiger charge is -2.25. The topological polar surface area (TPSA) is 78.0 Å². The first-order valence-corrected chi connectivity index (χ1v) is 8.13. The molecule has 22 heavy (non-hydrogen) atoms. The zero-order valence-electron chi connectivity index (χ0n) is 14.8. The molecule has 0 aliphatic carbocycles. The quantitative estimate of drug-likeness (QED) is 0.691. The molecule has 0 aromatic carbocycles. The van der Waals surface area contributed by atoms with E-state index in [1.165, 1.54) is 0 Å². The van der Waals surface area contributed by atoms with E-state index in [4.69, 9.17) is 0 Å². The van der Waals surface area contributed by atoms with Crippen LogP contribution in [-0.2, 0) is 4.79 Å². The number of aryl methyl sites for hydroxylation is 2. The van der Waals surface area contributed by atoms with Crippen molar-refractivity contribution in [2.75, 3.05) is 6.54 Å². The number of carbonyl (C=O) groups excluding carboxylic acids is 1. The molecule has 1 rings (SSSR count). The largest absolute Gasteiger partial charge is 0.388 e. The van der Waals surface area contributed by atoms with Crippen molar-refractivity contribution in [3.05, 3.63) is 17.0 Å². The minimum atomic E-state index is -0.843. The maximum atomic E-state index is 12.1. The first-order chi connectivity index (χ1) is 10.1. The van der Waals surface area contributed by atoms with Crippen LogP contribution in [-0.4, -0.2) is 33.4 Å². The van der Waals surface area contributed by atoms with E-state index in [1.807, 2.05) is 20.8 Å². The van der Waals surface area contributed by atoms with Crippen LogP contribution in [0.2, 0.25) is 0 Å². The molecule has 1 aromatic rings. The molecule has 0 saturated carbocycles. The summed E-state index contributed by atoms with van der Waals surface area (Å²) in [5.74, 6) is 0.630. The summed E-state index contributed by atoms with van der Waals surface area (Å²) in [6.07, 6.45) is 2.05. The van der Waals surface area contributed by atoms with Crippen LogP contribution < -0.4 is 5.32 Å². The minimum absolute atomic E-state index is 0.0303. The minimum Gasteiger partial charge on any atom is -0.388 e. The predicted octanol–water partition coefficient (Wildman–Crippen LogP) is 2.82. The van der Waals surface area contributed by atoms with Crippen molar-refractivity contribution in [2.45, 2.75) is 72.3 Å². The van der Waals surface area contributed by atoms with E-state index in [2.05, 4.69) is 29.4 Å². The summed E-state index contributed by atoms with van der Waals surface area (Å²) in [5, 5.41) is 20.3.